The van der Waals surface area contributed by atoms with E-state index in [0.29, 0.717) is 22.8 Å². The van der Waals surface area contributed by atoms with Crippen LogP contribution in [0.15, 0.2) is 55.0 Å². The largest absolute Gasteiger partial charge is 0.383 e. The monoisotopic (exact) mass is 529 g/mol. The van der Waals surface area contributed by atoms with Crippen LogP contribution in [0.25, 0.3) is 33.3 Å². The van der Waals surface area contributed by atoms with Crippen molar-refractivity contribution in [3.8, 4) is 22.3 Å². The van der Waals surface area contributed by atoms with Gasteiger partial charge in [0.25, 0.3) is 5.69 Å². The first kappa shape index (κ1) is 25.4. The van der Waals surface area contributed by atoms with E-state index in [0.717, 1.165) is 63.1 Å². The number of hydrogen-bond donors (Lipinski definition) is 1. The van der Waals surface area contributed by atoms with Crippen molar-refractivity contribution in [3.05, 3.63) is 70.9 Å². The van der Waals surface area contributed by atoms with Gasteiger partial charge in [0.2, 0.25) is 0 Å². The third-order valence-corrected chi connectivity index (χ3v) is 8.42. The van der Waals surface area contributed by atoms with Crippen molar-refractivity contribution in [3.63, 3.8) is 0 Å². The third kappa shape index (κ3) is 4.74. The summed E-state index contributed by atoms with van der Waals surface area (Å²) in [4.78, 5) is 24.8. The molecular formula is C29H32FN7O2. The molecule has 0 spiro atoms. The first-order valence-corrected chi connectivity index (χ1v) is 13.5. The van der Waals surface area contributed by atoms with Crippen LogP contribution in [0, 0.1) is 15.9 Å². The zero-order valence-corrected chi connectivity index (χ0v) is 22.0. The van der Waals surface area contributed by atoms with Gasteiger partial charge in [0, 0.05) is 61.7 Å². The first-order chi connectivity index (χ1) is 18.9. The molecule has 3 heterocycles. The molecule has 0 amide bonds. The Kier molecular flexibility index (Phi) is 6.74. The summed E-state index contributed by atoms with van der Waals surface area (Å²) in [6.07, 6.45) is 7.83. The molecule has 1 saturated carbocycles. The van der Waals surface area contributed by atoms with E-state index in [4.69, 9.17) is 5.73 Å². The molecule has 39 heavy (non-hydrogen) atoms. The molecule has 202 valence electrons. The number of nitrogens with zero attached hydrogens (tertiary/aromatic N) is 6. The normalized spacial score (nSPS) is 20.9. The minimum Gasteiger partial charge on any atom is -0.383 e. The van der Waals surface area contributed by atoms with E-state index < -0.39 is 10.7 Å². The number of nitrogen functional groups attached to an aromatic ring is 1. The third-order valence-electron chi connectivity index (χ3n) is 8.42. The van der Waals surface area contributed by atoms with Crippen molar-refractivity contribution in [1.82, 2.24) is 24.3 Å². The summed E-state index contributed by atoms with van der Waals surface area (Å²) in [6, 6.07) is 11.9. The van der Waals surface area contributed by atoms with E-state index >= 15 is 4.39 Å². The van der Waals surface area contributed by atoms with Crippen molar-refractivity contribution < 1.29 is 9.31 Å². The lowest BCUT2D eigenvalue weighted by Crippen LogP contribution is -2.49. The molecule has 0 radical (unpaired) electrons. The number of anilines is 1. The molecule has 0 atom stereocenters. The highest BCUT2D eigenvalue weighted by molar-refractivity contribution is 6.01. The number of nitrogens with two attached hydrogens (primary N) is 1. The second kappa shape index (κ2) is 10.3. The van der Waals surface area contributed by atoms with E-state index in [9.17, 15) is 10.1 Å². The van der Waals surface area contributed by atoms with Crippen LogP contribution in [0.3, 0.4) is 0 Å². The summed E-state index contributed by atoms with van der Waals surface area (Å²) < 4.78 is 17.7. The zero-order valence-electron chi connectivity index (χ0n) is 22.0. The van der Waals surface area contributed by atoms with Gasteiger partial charge in [-0.05, 0) is 50.4 Å². The minimum absolute atomic E-state index is 0.134. The maximum atomic E-state index is 15.5. The van der Waals surface area contributed by atoms with Gasteiger partial charge in [-0.2, -0.15) is 0 Å². The first-order valence-electron chi connectivity index (χ1n) is 13.5. The molecule has 6 rings (SSSR count). The molecule has 9 nitrogen and oxygen atoms in total. The van der Waals surface area contributed by atoms with Gasteiger partial charge in [-0.25, -0.2) is 14.4 Å². The molecule has 2 N–H and O–H groups in total. The lowest BCUT2D eigenvalue weighted by Gasteiger charge is -2.41. The van der Waals surface area contributed by atoms with Crippen LogP contribution in [0.4, 0.5) is 15.9 Å². The lowest BCUT2D eigenvalue weighted by molar-refractivity contribution is -0.384. The van der Waals surface area contributed by atoms with Gasteiger partial charge < -0.3 is 15.2 Å². The maximum Gasteiger partial charge on any atom is 0.277 e. The van der Waals surface area contributed by atoms with Crippen molar-refractivity contribution in [2.75, 3.05) is 39.0 Å². The number of piperazine rings is 1. The van der Waals surface area contributed by atoms with Crippen molar-refractivity contribution in [1.29, 1.82) is 0 Å². The van der Waals surface area contributed by atoms with Gasteiger partial charge in [0.05, 0.1) is 15.9 Å². The summed E-state index contributed by atoms with van der Waals surface area (Å²) in [5.74, 6) is -0.186. The standard InChI is InChI=1S/C29H32FN7O2/c1-34-12-14-35(15-13-34)20-7-9-21(10-8-20)36-17-24(27-28(31)32-18-33-29(27)36)19-6-11-22(25(30)16-19)23-4-2-3-5-26(23)37(38)39/h2-6,11,16-18,20-21H,7-10,12-15H2,1H3,(H2,31,32,33). The molecule has 4 aromatic rings. The van der Waals surface area contributed by atoms with Crippen LogP contribution in [0.2, 0.25) is 0 Å². The fourth-order valence-electron chi connectivity index (χ4n) is 6.26. The average Bonchev–Trinajstić information content (AvgIpc) is 3.35. The highest BCUT2D eigenvalue weighted by atomic mass is 19.1. The smallest absolute Gasteiger partial charge is 0.277 e. The quantitative estimate of drug-likeness (QED) is 0.282. The molecule has 10 heteroatoms. The van der Waals surface area contributed by atoms with Crippen molar-refractivity contribution in [2.24, 2.45) is 0 Å². The number of aromatic nitrogens is 3. The lowest BCUT2D eigenvalue weighted by atomic mass is 9.89. The van der Waals surface area contributed by atoms with Crippen LogP contribution in [-0.2, 0) is 0 Å². The maximum absolute atomic E-state index is 15.5. The topological polar surface area (TPSA) is 106 Å². The molecule has 1 aliphatic carbocycles. The summed E-state index contributed by atoms with van der Waals surface area (Å²) in [5.41, 5.74) is 8.77. The number of para-hydroxylation sites is 1. The molecule has 2 fully saturated rings. The molecule has 2 aromatic heterocycles. The fourth-order valence-corrected chi connectivity index (χ4v) is 6.26. The Bertz CT molecular complexity index is 1520. The number of hydrogen-bond acceptors (Lipinski definition) is 7. The number of halogens is 1. The summed E-state index contributed by atoms with van der Waals surface area (Å²) >= 11 is 0. The minimum atomic E-state index is -0.536. The van der Waals surface area contributed by atoms with Crippen molar-refractivity contribution >= 4 is 22.5 Å². The van der Waals surface area contributed by atoms with E-state index in [2.05, 4.69) is 31.4 Å². The highest BCUT2D eigenvalue weighted by Crippen LogP contribution is 2.40. The molecule has 2 aromatic carbocycles. The van der Waals surface area contributed by atoms with Crippen LogP contribution in [0.5, 0.6) is 0 Å². The fraction of sp³-hybridized carbons (Fsp3) is 0.379. The van der Waals surface area contributed by atoms with Crippen LogP contribution in [-0.4, -0.2) is 68.5 Å². The van der Waals surface area contributed by atoms with Gasteiger partial charge in [-0.1, -0.05) is 24.3 Å². The van der Waals surface area contributed by atoms with E-state index in [-0.39, 0.29) is 22.9 Å². The molecule has 0 unspecified atom stereocenters. The van der Waals surface area contributed by atoms with Gasteiger partial charge in [0.15, 0.2) is 0 Å². The Balaban J connectivity index is 1.31. The molecule has 0 bridgehead atoms. The Hall–Kier alpha value is -3.89. The number of nitro benzene ring substituents is 1. The highest BCUT2D eigenvalue weighted by Gasteiger charge is 2.30. The number of nitro groups is 1. The van der Waals surface area contributed by atoms with Gasteiger partial charge >= 0.3 is 0 Å². The van der Waals surface area contributed by atoms with Crippen LogP contribution >= 0.6 is 0 Å². The average molecular weight is 530 g/mol. The van der Waals surface area contributed by atoms with Crippen LogP contribution < -0.4 is 5.73 Å². The van der Waals surface area contributed by atoms with Gasteiger partial charge in [0.1, 0.15) is 23.6 Å². The second-order valence-corrected chi connectivity index (χ2v) is 10.7. The van der Waals surface area contributed by atoms with Crippen LogP contribution in [0.1, 0.15) is 31.7 Å². The summed E-state index contributed by atoms with van der Waals surface area (Å²) in [5, 5.41) is 12.2. The van der Waals surface area contributed by atoms with Gasteiger partial charge in [-0.15, -0.1) is 0 Å². The Morgan fingerprint density at radius 1 is 0.949 bits per heavy atom. The second-order valence-electron chi connectivity index (χ2n) is 10.7. The molecule has 1 saturated heterocycles. The Morgan fingerprint density at radius 3 is 2.38 bits per heavy atom. The number of benzene rings is 2. The summed E-state index contributed by atoms with van der Waals surface area (Å²) in [6.45, 7) is 4.49. The van der Waals surface area contributed by atoms with E-state index in [1.54, 1.807) is 30.3 Å². The number of likely N-dealkylation sites (N-methyl/N-ethyl adjacent to an activating group) is 1. The number of rotatable bonds is 5. The SMILES string of the molecule is CN1CCN(C2CCC(n3cc(-c4ccc(-c5ccccc5[N+](=O)[O-])c(F)c4)c4c(N)ncnc43)CC2)CC1. The van der Waals surface area contributed by atoms with E-state index in [1.807, 2.05) is 6.20 Å². The summed E-state index contributed by atoms with van der Waals surface area (Å²) in [7, 11) is 2.18. The zero-order chi connectivity index (χ0) is 27.1. The predicted molar refractivity (Wildman–Crippen MR) is 150 cm³/mol. The molecule has 2 aliphatic rings. The van der Waals surface area contributed by atoms with Gasteiger partial charge in [-0.3, -0.25) is 15.0 Å². The molecular weight excluding hydrogens is 497 g/mol. The number of fused-ring (bicyclic) bond motifs is 1. The predicted octanol–water partition coefficient (Wildman–Crippen LogP) is 5.13. The Morgan fingerprint density at radius 2 is 1.67 bits per heavy atom. The Labute approximate surface area is 226 Å². The molecule has 1 aliphatic heterocycles. The van der Waals surface area contributed by atoms with E-state index in [1.165, 1.54) is 18.5 Å². The van der Waals surface area contributed by atoms with Crippen molar-refractivity contribution in [2.45, 2.75) is 37.8 Å².